The molecular weight excluding hydrogens is 286 g/mol. The summed E-state index contributed by atoms with van der Waals surface area (Å²) >= 11 is 1.44. The van der Waals surface area contributed by atoms with Crippen LogP contribution in [0.2, 0.25) is 0 Å². The largest absolute Gasteiger partial charge is 0.496 e. The van der Waals surface area contributed by atoms with E-state index in [1.165, 1.54) is 11.3 Å². The van der Waals surface area contributed by atoms with Crippen molar-refractivity contribution in [2.45, 2.75) is 19.8 Å². The molecule has 1 aromatic heterocycles. The first kappa shape index (κ1) is 15.3. The van der Waals surface area contributed by atoms with Gasteiger partial charge in [0, 0.05) is 11.9 Å². The number of hydrogen-bond donors (Lipinski definition) is 2. The number of aromatic nitrogens is 1. The van der Waals surface area contributed by atoms with Crippen LogP contribution in [0, 0.1) is 0 Å². The number of nitrogens with one attached hydrogen (secondary N) is 2. The first-order valence-corrected chi connectivity index (χ1v) is 7.72. The topological polar surface area (TPSA) is 63.2 Å². The SMILES string of the molecule is CCc1csc(NC(=O)NCCc2ccccc2OC)n1. The van der Waals surface area contributed by atoms with Crippen molar-refractivity contribution >= 4 is 22.5 Å². The monoisotopic (exact) mass is 305 g/mol. The van der Waals surface area contributed by atoms with Gasteiger partial charge in [-0.05, 0) is 24.5 Å². The van der Waals surface area contributed by atoms with E-state index in [-0.39, 0.29) is 6.03 Å². The van der Waals surface area contributed by atoms with Gasteiger partial charge in [0.2, 0.25) is 0 Å². The molecule has 112 valence electrons. The molecule has 0 aliphatic carbocycles. The summed E-state index contributed by atoms with van der Waals surface area (Å²) in [5.41, 5.74) is 2.06. The normalized spacial score (nSPS) is 10.2. The van der Waals surface area contributed by atoms with Gasteiger partial charge in [-0.3, -0.25) is 5.32 Å². The molecule has 1 heterocycles. The highest BCUT2D eigenvalue weighted by molar-refractivity contribution is 7.13. The minimum Gasteiger partial charge on any atom is -0.496 e. The molecule has 2 amide bonds. The minimum atomic E-state index is -0.234. The van der Waals surface area contributed by atoms with Crippen molar-refractivity contribution in [2.24, 2.45) is 0 Å². The van der Waals surface area contributed by atoms with Crippen molar-refractivity contribution in [3.8, 4) is 5.75 Å². The van der Waals surface area contributed by atoms with Crippen LogP contribution in [0.15, 0.2) is 29.6 Å². The highest BCUT2D eigenvalue weighted by atomic mass is 32.1. The van der Waals surface area contributed by atoms with Crippen LogP contribution in [0.5, 0.6) is 5.75 Å². The van der Waals surface area contributed by atoms with Crippen LogP contribution in [0.4, 0.5) is 9.93 Å². The molecule has 0 atom stereocenters. The maximum atomic E-state index is 11.8. The fourth-order valence-corrected chi connectivity index (χ4v) is 2.68. The second kappa shape index (κ2) is 7.64. The van der Waals surface area contributed by atoms with Crippen LogP contribution in [-0.4, -0.2) is 24.7 Å². The molecule has 1 aromatic carbocycles. The highest BCUT2D eigenvalue weighted by Gasteiger charge is 2.06. The van der Waals surface area contributed by atoms with Crippen LogP contribution in [0.25, 0.3) is 0 Å². The zero-order chi connectivity index (χ0) is 15.1. The Morgan fingerprint density at radius 2 is 2.19 bits per heavy atom. The summed E-state index contributed by atoms with van der Waals surface area (Å²) in [7, 11) is 1.65. The Hall–Kier alpha value is -2.08. The zero-order valence-electron chi connectivity index (χ0n) is 12.2. The fraction of sp³-hybridized carbons (Fsp3) is 0.333. The molecule has 0 spiro atoms. The summed E-state index contributed by atoms with van der Waals surface area (Å²) in [6.07, 6.45) is 1.59. The summed E-state index contributed by atoms with van der Waals surface area (Å²) in [6.45, 7) is 2.57. The van der Waals surface area contributed by atoms with E-state index in [1.807, 2.05) is 36.6 Å². The summed E-state index contributed by atoms with van der Waals surface area (Å²) in [5, 5.41) is 8.13. The third-order valence-corrected chi connectivity index (χ3v) is 3.81. The Kier molecular flexibility index (Phi) is 5.57. The van der Waals surface area contributed by atoms with Crippen LogP contribution >= 0.6 is 11.3 Å². The lowest BCUT2D eigenvalue weighted by atomic mass is 10.1. The molecule has 6 heteroatoms. The quantitative estimate of drug-likeness (QED) is 0.862. The molecule has 0 aliphatic rings. The first-order chi connectivity index (χ1) is 10.2. The van der Waals surface area contributed by atoms with Crippen molar-refractivity contribution in [3.63, 3.8) is 0 Å². The lowest BCUT2D eigenvalue weighted by Gasteiger charge is -2.09. The van der Waals surface area contributed by atoms with E-state index in [2.05, 4.69) is 15.6 Å². The third kappa shape index (κ3) is 4.46. The van der Waals surface area contributed by atoms with Crippen molar-refractivity contribution < 1.29 is 9.53 Å². The van der Waals surface area contributed by atoms with Crippen LogP contribution in [-0.2, 0) is 12.8 Å². The number of rotatable bonds is 6. The maximum absolute atomic E-state index is 11.8. The smallest absolute Gasteiger partial charge is 0.321 e. The minimum absolute atomic E-state index is 0.234. The molecule has 0 radical (unpaired) electrons. The van der Waals surface area contributed by atoms with Crippen molar-refractivity contribution in [1.82, 2.24) is 10.3 Å². The number of thiazole rings is 1. The summed E-state index contributed by atoms with van der Waals surface area (Å²) < 4.78 is 5.28. The molecule has 0 fully saturated rings. The molecule has 0 saturated carbocycles. The molecule has 2 aromatic rings. The number of nitrogens with zero attached hydrogens (tertiary/aromatic N) is 1. The number of benzene rings is 1. The van der Waals surface area contributed by atoms with Crippen LogP contribution in [0.3, 0.4) is 0 Å². The predicted octanol–water partition coefficient (Wildman–Crippen LogP) is 3.08. The molecule has 5 nitrogen and oxygen atoms in total. The number of carbonyl (C=O) groups excluding carboxylic acids is 1. The van der Waals surface area contributed by atoms with Gasteiger partial charge >= 0.3 is 6.03 Å². The van der Waals surface area contributed by atoms with Gasteiger partial charge in [-0.15, -0.1) is 11.3 Å². The molecule has 2 N–H and O–H groups in total. The van der Waals surface area contributed by atoms with E-state index in [9.17, 15) is 4.79 Å². The average Bonchev–Trinajstić information content (AvgIpc) is 2.95. The van der Waals surface area contributed by atoms with E-state index < -0.39 is 0 Å². The van der Waals surface area contributed by atoms with Crippen molar-refractivity contribution in [2.75, 3.05) is 19.0 Å². The Morgan fingerprint density at radius 3 is 2.90 bits per heavy atom. The maximum Gasteiger partial charge on any atom is 0.321 e. The number of aryl methyl sites for hydroxylation is 1. The second-order valence-corrected chi connectivity index (χ2v) is 5.30. The van der Waals surface area contributed by atoms with E-state index >= 15 is 0 Å². The van der Waals surface area contributed by atoms with Gasteiger partial charge in [0.25, 0.3) is 0 Å². The lowest BCUT2D eigenvalue weighted by Crippen LogP contribution is -2.30. The van der Waals surface area contributed by atoms with E-state index in [0.29, 0.717) is 11.7 Å². The number of hydrogen-bond acceptors (Lipinski definition) is 4. The van der Waals surface area contributed by atoms with Crippen LogP contribution < -0.4 is 15.4 Å². The van der Waals surface area contributed by atoms with Gasteiger partial charge in [-0.1, -0.05) is 25.1 Å². The molecule has 2 rings (SSSR count). The van der Waals surface area contributed by atoms with E-state index in [4.69, 9.17) is 4.74 Å². The zero-order valence-corrected chi connectivity index (χ0v) is 13.0. The van der Waals surface area contributed by atoms with E-state index in [1.54, 1.807) is 7.11 Å². The molecule has 0 aliphatic heterocycles. The lowest BCUT2D eigenvalue weighted by molar-refractivity contribution is 0.252. The third-order valence-electron chi connectivity index (χ3n) is 3.01. The second-order valence-electron chi connectivity index (χ2n) is 4.44. The fourth-order valence-electron chi connectivity index (χ4n) is 1.89. The average molecular weight is 305 g/mol. The Labute approximate surface area is 128 Å². The standard InChI is InChI=1S/C15H19N3O2S/c1-3-12-10-21-15(17-12)18-14(19)16-9-8-11-6-4-5-7-13(11)20-2/h4-7,10H,3,8-9H2,1-2H3,(H2,16,17,18,19). The number of anilines is 1. The summed E-state index contributed by atoms with van der Waals surface area (Å²) in [4.78, 5) is 16.1. The summed E-state index contributed by atoms with van der Waals surface area (Å²) in [5.74, 6) is 0.840. The Bertz CT molecular complexity index is 598. The molecule has 0 bridgehead atoms. The predicted molar refractivity (Wildman–Crippen MR) is 85.2 cm³/mol. The van der Waals surface area contributed by atoms with Gasteiger partial charge in [0.05, 0.1) is 12.8 Å². The number of para-hydroxylation sites is 1. The van der Waals surface area contributed by atoms with Crippen LogP contribution in [0.1, 0.15) is 18.2 Å². The number of amides is 2. The number of ether oxygens (including phenoxy) is 1. The molecular formula is C15H19N3O2S. The van der Waals surface area contributed by atoms with E-state index in [0.717, 1.165) is 29.8 Å². The summed E-state index contributed by atoms with van der Waals surface area (Å²) in [6, 6.07) is 7.56. The Morgan fingerprint density at radius 1 is 1.38 bits per heavy atom. The number of urea groups is 1. The molecule has 0 saturated heterocycles. The van der Waals surface area contributed by atoms with Crippen molar-refractivity contribution in [1.29, 1.82) is 0 Å². The molecule has 21 heavy (non-hydrogen) atoms. The van der Waals surface area contributed by atoms with Crippen molar-refractivity contribution in [3.05, 3.63) is 40.9 Å². The van der Waals surface area contributed by atoms with Gasteiger partial charge in [-0.25, -0.2) is 9.78 Å². The van der Waals surface area contributed by atoms with Gasteiger partial charge in [0.15, 0.2) is 5.13 Å². The molecule has 0 unspecified atom stereocenters. The first-order valence-electron chi connectivity index (χ1n) is 6.84. The van der Waals surface area contributed by atoms with Gasteiger partial charge in [0.1, 0.15) is 5.75 Å². The number of methoxy groups -OCH3 is 1. The van der Waals surface area contributed by atoms with Gasteiger partial charge < -0.3 is 10.1 Å². The number of carbonyl (C=O) groups is 1. The highest BCUT2D eigenvalue weighted by Crippen LogP contribution is 2.17. The Balaban J connectivity index is 1.79. The van der Waals surface area contributed by atoms with Gasteiger partial charge in [-0.2, -0.15) is 0 Å².